The standard InChI is InChI=1S/C15H26N2O3S/c1-2-6-15(13(18)19)7-3-8-17(11-15)14(20)16-12-4-9-21-10-5-12/h12H,2-11H2,1H3,(H,16,20)(H,18,19). The molecule has 2 heterocycles. The number of aliphatic carboxylic acids is 1. The van der Waals surface area contributed by atoms with Crippen molar-refractivity contribution in [3.8, 4) is 0 Å². The highest BCUT2D eigenvalue weighted by atomic mass is 32.2. The number of carboxylic acid groups (broad SMARTS) is 1. The molecule has 6 heteroatoms. The molecule has 120 valence electrons. The van der Waals surface area contributed by atoms with Crippen molar-refractivity contribution in [3.05, 3.63) is 0 Å². The lowest BCUT2D eigenvalue weighted by Gasteiger charge is -2.40. The highest BCUT2D eigenvalue weighted by Crippen LogP contribution is 2.35. The number of likely N-dealkylation sites (tertiary alicyclic amines) is 1. The van der Waals surface area contributed by atoms with E-state index in [1.54, 1.807) is 4.90 Å². The third-order valence-electron chi connectivity index (χ3n) is 4.60. The Labute approximate surface area is 130 Å². The SMILES string of the molecule is CCCC1(C(=O)O)CCCN(C(=O)NC2CCSCC2)C1. The third kappa shape index (κ3) is 4.05. The molecule has 2 amide bonds. The summed E-state index contributed by atoms with van der Waals surface area (Å²) in [5.74, 6) is 1.44. The highest BCUT2D eigenvalue weighted by molar-refractivity contribution is 7.99. The van der Waals surface area contributed by atoms with E-state index in [1.807, 2.05) is 18.7 Å². The van der Waals surface area contributed by atoms with Gasteiger partial charge in [-0.15, -0.1) is 0 Å². The van der Waals surface area contributed by atoms with Crippen molar-refractivity contribution >= 4 is 23.8 Å². The lowest BCUT2D eigenvalue weighted by molar-refractivity contribution is -0.152. The van der Waals surface area contributed by atoms with Crippen LogP contribution in [0.4, 0.5) is 4.79 Å². The maximum Gasteiger partial charge on any atom is 0.317 e. The average molecular weight is 314 g/mol. The van der Waals surface area contributed by atoms with Gasteiger partial charge in [-0.3, -0.25) is 4.79 Å². The molecule has 2 N–H and O–H groups in total. The largest absolute Gasteiger partial charge is 0.481 e. The molecular formula is C15H26N2O3S. The fraction of sp³-hybridized carbons (Fsp3) is 0.867. The van der Waals surface area contributed by atoms with E-state index in [0.717, 1.165) is 37.2 Å². The molecule has 2 rings (SSSR count). The molecule has 2 fully saturated rings. The Bertz CT molecular complexity index is 381. The van der Waals surface area contributed by atoms with Gasteiger partial charge in [-0.05, 0) is 43.6 Å². The fourth-order valence-corrected chi connectivity index (χ4v) is 4.48. The van der Waals surface area contributed by atoms with Gasteiger partial charge >= 0.3 is 12.0 Å². The first-order chi connectivity index (χ1) is 10.1. The van der Waals surface area contributed by atoms with Crippen molar-refractivity contribution in [1.82, 2.24) is 10.2 Å². The molecule has 0 radical (unpaired) electrons. The van der Waals surface area contributed by atoms with Gasteiger partial charge in [0.1, 0.15) is 0 Å². The van der Waals surface area contributed by atoms with Gasteiger partial charge in [0.05, 0.1) is 5.41 Å². The number of nitrogens with one attached hydrogen (secondary N) is 1. The molecule has 2 aliphatic rings. The van der Waals surface area contributed by atoms with Crippen molar-refractivity contribution in [2.24, 2.45) is 5.41 Å². The van der Waals surface area contributed by atoms with Crippen molar-refractivity contribution in [2.45, 2.75) is 51.5 Å². The molecule has 0 aromatic rings. The van der Waals surface area contributed by atoms with Gasteiger partial charge in [-0.1, -0.05) is 13.3 Å². The first-order valence-corrected chi connectivity index (χ1v) is 9.09. The summed E-state index contributed by atoms with van der Waals surface area (Å²) in [4.78, 5) is 25.8. The van der Waals surface area contributed by atoms with Crippen LogP contribution in [0.2, 0.25) is 0 Å². The summed E-state index contributed by atoms with van der Waals surface area (Å²) >= 11 is 1.93. The number of carbonyl (C=O) groups excluding carboxylic acids is 1. The minimum absolute atomic E-state index is 0.0756. The average Bonchev–Trinajstić information content (AvgIpc) is 2.48. The maximum absolute atomic E-state index is 12.4. The Morgan fingerprint density at radius 2 is 2.10 bits per heavy atom. The van der Waals surface area contributed by atoms with Crippen molar-refractivity contribution in [3.63, 3.8) is 0 Å². The molecule has 1 unspecified atom stereocenters. The summed E-state index contributed by atoms with van der Waals surface area (Å²) < 4.78 is 0. The number of piperidine rings is 1. The Balaban J connectivity index is 1.95. The summed E-state index contributed by atoms with van der Waals surface area (Å²) in [5.41, 5.74) is -0.743. The monoisotopic (exact) mass is 314 g/mol. The lowest BCUT2D eigenvalue weighted by atomic mass is 9.76. The molecule has 21 heavy (non-hydrogen) atoms. The second kappa shape index (κ2) is 7.38. The van der Waals surface area contributed by atoms with Gasteiger partial charge in [0.2, 0.25) is 0 Å². The van der Waals surface area contributed by atoms with Gasteiger partial charge < -0.3 is 15.3 Å². The molecule has 2 saturated heterocycles. The molecule has 0 aromatic heterocycles. The van der Waals surface area contributed by atoms with Crippen molar-refractivity contribution < 1.29 is 14.7 Å². The summed E-state index contributed by atoms with van der Waals surface area (Å²) in [6.45, 7) is 3.03. The van der Waals surface area contributed by atoms with E-state index in [9.17, 15) is 14.7 Å². The molecule has 0 bridgehead atoms. The molecule has 0 aromatic carbocycles. The second-order valence-corrected chi connectivity index (χ2v) is 7.42. The zero-order valence-electron chi connectivity index (χ0n) is 12.8. The molecule has 2 aliphatic heterocycles. The predicted molar refractivity (Wildman–Crippen MR) is 84.7 cm³/mol. The molecule has 0 spiro atoms. The minimum atomic E-state index is -0.754. The van der Waals surface area contributed by atoms with Crippen LogP contribution in [0.25, 0.3) is 0 Å². The summed E-state index contributed by atoms with van der Waals surface area (Å²) in [6.07, 6.45) is 4.97. The van der Waals surface area contributed by atoms with E-state index in [-0.39, 0.29) is 12.1 Å². The van der Waals surface area contributed by atoms with Crippen molar-refractivity contribution in [2.75, 3.05) is 24.6 Å². The Hall–Kier alpha value is -0.910. The van der Waals surface area contributed by atoms with Crippen molar-refractivity contribution in [1.29, 1.82) is 0 Å². The lowest BCUT2D eigenvalue weighted by Crippen LogP contribution is -2.54. The minimum Gasteiger partial charge on any atom is -0.481 e. The van der Waals surface area contributed by atoms with E-state index in [2.05, 4.69) is 5.32 Å². The third-order valence-corrected chi connectivity index (χ3v) is 5.64. The van der Waals surface area contributed by atoms with E-state index in [4.69, 9.17) is 0 Å². The Morgan fingerprint density at radius 3 is 2.71 bits per heavy atom. The van der Waals surface area contributed by atoms with Crippen LogP contribution in [0, 0.1) is 5.41 Å². The Morgan fingerprint density at radius 1 is 1.38 bits per heavy atom. The first-order valence-electron chi connectivity index (χ1n) is 7.94. The normalized spacial score (nSPS) is 27.4. The van der Waals surface area contributed by atoms with Gasteiger partial charge in [0.15, 0.2) is 0 Å². The number of amides is 2. The van der Waals surface area contributed by atoms with E-state index in [0.29, 0.717) is 25.9 Å². The number of thioether (sulfide) groups is 1. The summed E-state index contributed by atoms with van der Waals surface area (Å²) in [5, 5.41) is 12.7. The Kier molecular flexibility index (Phi) is 5.79. The number of hydrogen-bond acceptors (Lipinski definition) is 3. The smallest absolute Gasteiger partial charge is 0.317 e. The molecule has 1 atom stereocenters. The van der Waals surface area contributed by atoms with Crippen LogP contribution in [-0.2, 0) is 4.79 Å². The summed E-state index contributed by atoms with van der Waals surface area (Å²) in [6, 6.07) is 0.180. The number of hydrogen-bond donors (Lipinski definition) is 2. The van der Waals surface area contributed by atoms with E-state index >= 15 is 0 Å². The van der Waals surface area contributed by atoms with Gasteiger partial charge in [0, 0.05) is 19.1 Å². The fourth-order valence-electron chi connectivity index (χ4n) is 3.38. The quantitative estimate of drug-likeness (QED) is 0.837. The second-order valence-electron chi connectivity index (χ2n) is 6.20. The number of urea groups is 1. The van der Waals surface area contributed by atoms with Gasteiger partial charge in [-0.25, -0.2) is 4.79 Å². The zero-order chi connectivity index (χ0) is 15.3. The highest BCUT2D eigenvalue weighted by Gasteiger charge is 2.43. The zero-order valence-corrected chi connectivity index (χ0v) is 13.6. The number of carbonyl (C=O) groups is 2. The predicted octanol–water partition coefficient (Wildman–Crippen LogP) is 2.56. The maximum atomic E-state index is 12.4. The van der Waals surface area contributed by atoms with E-state index in [1.165, 1.54) is 0 Å². The van der Waals surface area contributed by atoms with Crippen LogP contribution >= 0.6 is 11.8 Å². The number of rotatable bonds is 4. The van der Waals surface area contributed by atoms with Crippen LogP contribution in [0.1, 0.15) is 45.4 Å². The first kappa shape index (κ1) is 16.5. The topological polar surface area (TPSA) is 69.6 Å². The summed E-state index contributed by atoms with van der Waals surface area (Å²) in [7, 11) is 0. The van der Waals surface area contributed by atoms with Gasteiger partial charge in [-0.2, -0.15) is 11.8 Å². The number of carboxylic acids is 1. The molecule has 5 nitrogen and oxygen atoms in total. The van der Waals surface area contributed by atoms with Crippen LogP contribution in [0.5, 0.6) is 0 Å². The molecular weight excluding hydrogens is 288 g/mol. The van der Waals surface area contributed by atoms with Crippen LogP contribution < -0.4 is 5.32 Å². The van der Waals surface area contributed by atoms with Gasteiger partial charge in [0.25, 0.3) is 0 Å². The molecule has 0 aliphatic carbocycles. The molecule has 0 saturated carbocycles. The van der Waals surface area contributed by atoms with E-state index < -0.39 is 11.4 Å². The van der Waals surface area contributed by atoms with Crippen LogP contribution in [-0.4, -0.2) is 52.6 Å². The number of nitrogens with zero attached hydrogens (tertiary/aromatic N) is 1. The van der Waals surface area contributed by atoms with Crippen LogP contribution in [0.15, 0.2) is 0 Å². The van der Waals surface area contributed by atoms with Crippen LogP contribution in [0.3, 0.4) is 0 Å².